The smallest absolute Gasteiger partial charge is 0.169 e. The average molecular weight is 354 g/mol. The van der Waals surface area contributed by atoms with E-state index in [0.717, 1.165) is 44.3 Å². The van der Waals surface area contributed by atoms with E-state index in [9.17, 15) is 8.42 Å². The van der Waals surface area contributed by atoms with Crippen LogP contribution in [-0.4, -0.2) is 67.1 Å². The quantitative estimate of drug-likeness (QED) is 0.814. The number of hydrogen-bond acceptors (Lipinski definition) is 4. The van der Waals surface area contributed by atoms with Crippen LogP contribution in [0.15, 0.2) is 30.3 Å². The Hall–Kier alpha value is -1.18. The van der Waals surface area contributed by atoms with Gasteiger partial charge in [-0.15, -0.1) is 0 Å². The number of thiocarbonyl (C=S) groups is 1. The molecule has 0 radical (unpaired) electrons. The van der Waals surface area contributed by atoms with Crippen molar-refractivity contribution >= 4 is 27.2 Å². The van der Waals surface area contributed by atoms with Gasteiger partial charge < -0.3 is 10.2 Å². The Bertz CT molecular complexity index is 641. The fraction of sp³-hybridized carbons (Fsp3) is 0.562. The van der Waals surface area contributed by atoms with Gasteiger partial charge in [-0.1, -0.05) is 30.3 Å². The Kier molecular flexibility index (Phi) is 5.18. The normalized spacial score (nSPS) is 24.5. The maximum absolute atomic E-state index is 11.6. The van der Waals surface area contributed by atoms with E-state index in [1.807, 2.05) is 18.2 Å². The molecule has 2 fully saturated rings. The number of nitrogens with one attached hydrogen (secondary N) is 1. The van der Waals surface area contributed by atoms with Crippen molar-refractivity contribution < 1.29 is 8.42 Å². The molecule has 0 spiro atoms. The van der Waals surface area contributed by atoms with E-state index in [1.54, 1.807) is 0 Å². The van der Waals surface area contributed by atoms with E-state index in [4.69, 9.17) is 12.2 Å². The van der Waals surface area contributed by atoms with Crippen LogP contribution in [-0.2, 0) is 16.4 Å². The number of nitrogens with zero attached hydrogens (tertiary/aromatic N) is 2. The second-order valence-electron chi connectivity index (χ2n) is 6.22. The first-order valence-corrected chi connectivity index (χ1v) is 10.3. The number of sulfone groups is 1. The fourth-order valence-electron chi connectivity index (χ4n) is 3.24. The summed E-state index contributed by atoms with van der Waals surface area (Å²) in [4.78, 5) is 4.49. The first-order chi connectivity index (χ1) is 11.0. The van der Waals surface area contributed by atoms with Crippen molar-refractivity contribution in [1.82, 2.24) is 15.1 Å². The van der Waals surface area contributed by atoms with Crippen molar-refractivity contribution in [2.45, 2.75) is 19.0 Å². The highest BCUT2D eigenvalue weighted by Gasteiger charge is 2.33. The van der Waals surface area contributed by atoms with E-state index in [-0.39, 0.29) is 6.04 Å². The van der Waals surface area contributed by atoms with Gasteiger partial charge in [-0.05, 0) is 24.2 Å². The van der Waals surface area contributed by atoms with E-state index in [0.29, 0.717) is 11.5 Å². The summed E-state index contributed by atoms with van der Waals surface area (Å²) in [5.41, 5.74) is 1.21. The third-order valence-electron chi connectivity index (χ3n) is 4.61. The average Bonchev–Trinajstić information content (AvgIpc) is 2.94. The SMILES string of the molecule is O=S1(=O)CC[C@H](N2CCN(C(=S)NCc3ccccc3)CC2)C1. The highest BCUT2D eigenvalue weighted by molar-refractivity contribution is 7.91. The lowest BCUT2D eigenvalue weighted by molar-refractivity contribution is 0.142. The van der Waals surface area contributed by atoms with Crippen LogP contribution in [0.5, 0.6) is 0 Å². The Morgan fingerprint density at radius 2 is 1.87 bits per heavy atom. The number of rotatable bonds is 3. The van der Waals surface area contributed by atoms with Crippen molar-refractivity contribution in [3.63, 3.8) is 0 Å². The molecule has 1 N–H and O–H groups in total. The van der Waals surface area contributed by atoms with Crippen molar-refractivity contribution in [2.75, 3.05) is 37.7 Å². The monoisotopic (exact) mass is 353 g/mol. The van der Waals surface area contributed by atoms with Gasteiger partial charge in [0.2, 0.25) is 0 Å². The van der Waals surface area contributed by atoms with Crippen LogP contribution >= 0.6 is 12.2 Å². The summed E-state index contributed by atoms with van der Waals surface area (Å²) in [6.07, 6.45) is 0.777. The third kappa shape index (κ3) is 4.43. The molecule has 0 unspecified atom stereocenters. The molecule has 2 aliphatic rings. The first kappa shape index (κ1) is 16.7. The zero-order valence-electron chi connectivity index (χ0n) is 13.1. The lowest BCUT2D eigenvalue weighted by Gasteiger charge is -2.38. The Labute approximate surface area is 143 Å². The van der Waals surface area contributed by atoms with E-state index < -0.39 is 9.84 Å². The molecular weight excluding hydrogens is 330 g/mol. The number of hydrogen-bond donors (Lipinski definition) is 1. The van der Waals surface area contributed by atoms with Gasteiger partial charge >= 0.3 is 0 Å². The second kappa shape index (κ2) is 7.15. The molecular formula is C16H23N3O2S2. The molecule has 2 saturated heterocycles. The molecule has 5 nitrogen and oxygen atoms in total. The molecule has 0 bridgehead atoms. The van der Waals surface area contributed by atoms with E-state index in [2.05, 4.69) is 27.2 Å². The number of piperazine rings is 1. The molecule has 23 heavy (non-hydrogen) atoms. The highest BCUT2D eigenvalue weighted by atomic mass is 32.2. The van der Waals surface area contributed by atoms with Gasteiger partial charge in [-0.3, -0.25) is 4.90 Å². The van der Waals surface area contributed by atoms with Crippen LogP contribution in [0.3, 0.4) is 0 Å². The molecule has 1 atom stereocenters. The van der Waals surface area contributed by atoms with Gasteiger partial charge in [0, 0.05) is 38.8 Å². The van der Waals surface area contributed by atoms with E-state index >= 15 is 0 Å². The molecule has 126 valence electrons. The summed E-state index contributed by atoms with van der Waals surface area (Å²) in [6.45, 7) is 4.22. The summed E-state index contributed by atoms with van der Waals surface area (Å²) in [7, 11) is -2.81. The summed E-state index contributed by atoms with van der Waals surface area (Å²) in [5.74, 6) is 0.665. The molecule has 1 aromatic rings. The Morgan fingerprint density at radius 3 is 2.48 bits per heavy atom. The van der Waals surface area contributed by atoms with Crippen molar-refractivity contribution in [2.24, 2.45) is 0 Å². The van der Waals surface area contributed by atoms with Crippen LogP contribution in [0.1, 0.15) is 12.0 Å². The van der Waals surface area contributed by atoms with Gasteiger partial charge in [0.1, 0.15) is 0 Å². The first-order valence-electron chi connectivity index (χ1n) is 8.05. The molecule has 1 aromatic carbocycles. The maximum Gasteiger partial charge on any atom is 0.169 e. The van der Waals surface area contributed by atoms with Crippen LogP contribution in [0.25, 0.3) is 0 Å². The zero-order chi connectivity index (χ0) is 16.3. The molecule has 7 heteroatoms. The molecule has 0 amide bonds. The van der Waals surface area contributed by atoms with Gasteiger partial charge in [0.15, 0.2) is 14.9 Å². The minimum atomic E-state index is -2.81. The summed E-state index contributed by atoms with van der Waals surface area (Å²) >= 11 is 5.48. The van der Waals surface area contributed by atoms with Crippen molar-refractivity contribution in [3.8, 4) is 0 Å². The highest BCUT2D eigenvalue weighted by Crippen LogP contribution is 2.19. The molecule has 2 aliphatic heterocycles. The van der Waals surface area contributed by atoms with Crippen LogP contribution in [0, 0.1) is 0 Å². The topological polar surface area (TPSA) is 52.7 Å². The molecule has 0 saturated carbocycles. The van der Waals surface area contributed by atoms with Gasteiger partial charge in [0.25, 0.3) is 0 Å². The predicted molar refractivity (Wildman–Crippen MR) is 96.1 cm³/mol. The standard InChI is InChI=1S/C16H23N3O2S2/c20-23(21)11-6-15(13-23)18-7-9-19(10-8-18)16(22)17-12-14-4-2-1-3-5-14/h1-5,15H,6-13H2,(H,17,22)/t15-/m0/s1. The van der Waals surface area contributed by atoms with Crippen LogP contribution < -0.4 is 5.32 Å². The van der Waals surface area contributed by atoms with Gasteiger partial charge in [-0.25, -0.2) is 8.42 Å². The largest absolute Gasteiger partial charge is 0.358 e. The lowest BCUT2D eigenvalue weighted by atomic mass is 10.2. The van der Waals surface area contributed by atoms with Crippen LogP contribution in [0.4, 0.5) is 0 Å². The summed E-state index contributed by atoms with van der Waals surface area (Å²) in [5, 5.41) is 4.09. The Balaban J connectivity index is 1.44. The summed E-state index contributed by atoms with van der Waals surface area (Å²) < 4.78 is 23.2. The molecule has 2 heterocycles. The second-order valence-corrected chi connectivity index (χ2v) is 8.84. The van der Waals surface area contributed by atoms with Crippen LogP contribution in [0.2, 0.25) is 0 Å². The minimum Gasteiger partial charge on any atom is -0.358 e. The molecule has 3 rings (SSSR count). The zero-order valence-corrected chi connectivity index (χ0v) is 14.8. The molecule has 0 aliphatic carbocycles. The lowest BCUT2D eigenvalue weighted by Crippen LogP contribution is -2.54. The minimum absolute atomic E-state index is 0.202. The maximum atomic E-state index is 11.6. The van der Waals surface area contributed by atoms with Gasteiger partial charge in [0.05, 0.1) is 11.5 Å². The van der Waals surface area contributed by atoms with Crippen molar-refractivity contribution in [1.29, 1.82) is 0 Å². The molecule has 0 aromatic heterocycles. The van der Waals surface area contributed by atoms with Gasteiger partial charge in [-0.2, -0.15) is 0 Å². The third-order valence-corrected chi connectivity index (χ3v) is 6.77. The van der Waals surface area contributed by atoms with Crippen molar-refractivity contribution in [3.05, 3.63) is 35.9 Å². The number of benzene rings is 1. The summed E-state index contributed by atoms with van der Waals surface area (Å²) in [6, 6.07) is 10.4. The predicted octanol–water partition coefficient (Wildman–Crippen LogP) is 0.866. The van der Waals surface area contributed by atoms with E-state index in [1.165, 1.54) is 5.56 Å². The Morgan fingerprint density at radius 1 is 1.17 bits per heavy atom. The fourth-order valence-corrected chi connectivity index (χ4v) is 5.26.